The molecule has 0 saturated carbocycles. The normalized spacial score (nSPS) is 10.5. The molecule has 13 heavy (non-hydrogen) atoms. The number of carbonyl (C=O) groups excluding carboxylic acids is 1. The SMILES string of the molecule is Cc1c[nH]c2ccc(C(N)=O)nc12. The summed E-state index contributed by atoms with van der Waals surface area (Å²) in [7, 11) is 0. The van der Waals surface area contributed by atoms with Gasteiger partial charge >= 0.3 is 0 Å². The van der Waals surface area contributed by atoms with Crippen molar-refractivity contribution in [2.45, 2.75) is 6.92 Å². The predicted octanol–water partition coefficient (Wildman–Crippen LogP) is 0.970. The molecule has 0 fully saturated rings. The molecule has 1 amide bonds. The van der Waals surface area contributed by atoms with Gasteiger partial charge in [0.2, 0.25) is 0 Å². The number of aromatic amines is 1. The third kappa shape index (κ3) is 1.16. The Kier molecular flexibility index (Phi) is 1.55. The van der Waals surface area contributed by atoms with Crippen LogP contribution >= 0.6 is 0 Å². The Morgan fingerprint density at radius 2 is 2.31 bits per heavy atom. The van der Waals surface area contributed by atoms with E-state index in [-0.39, 0.29) is 0 Å². The largest absolute Gasteiger partial charge is 0.364 e. The average molecular weight is 175 g/mol. The third-order valence-corrected chi connectivity index (χ3v) is 1.97. The van der Waals surface area contributed by atoms with Crippen molar-refractivity contribution in [1.29, 1.82) is 0 Å². The number of nitrogens with two attached hydrogens (primary N) is 1. The number of aryl methyl sites for hydroxylation is 1. The minimum absolute atomic E-state index is 0.301. The molecule has 0 aromatic carbocycles. The van der Waals surface area contributed by atoms with Crippen LogP contribution in [0.2, 0.25) is 0 Å². The van der Waals surface area contributed by atoms with Gasteiger partial charge in [0.15, 0.2) is 0 Å². The lowest BCUT2D eigenvalue weighted by atomic mass is 10.2. The number of amides is 1. The Morgan fingerprint density at radius 3 is 3.00 bits per heavy atom. The Hall–Kier alpha value is -1.84. The van der Waals surface area contributed by atoms with E-state index in [4.69, 9.17) is 5.73 Å². The molecule has 0 aliphatic heterocycles. The first-order valence-corrected chi connectivity index (χ1v) is 3.93. The fraction of sp³-hybridized carbons (Fsp3) is 0.111. The summed E-state index contributed by atoms with van der Waals surface area (Å²) in [6, 6.07) is 3.41. The standard InChI is InChI=1S/C9H9N3O/c1-5-4-11-6-2-3-7(9(10)13)12-8(5)6/h2-4,11H,1H3,(H2,10,13). The highest BCUT2D eigenvalue weighted by molar-refractivity contribution is 5.93. The van der Waals surface area contributed by atoms with Gasteiger partial charge in [-0.2, -0.15) is 0 Å². The Morgan fingerprint density at radius 1 is 1.54 bits per heavy atom. The molecular weight excluding hydrogens is 166 g/mol. The number of rotatable bonds is 1. The van der Waals surface area contributed by atoms with Crippen LogP contribution in [0.25, 0.3) is 11.0 Å². The van der Waals surface area contributed by atoms with Crippen molar-refractivity contribution in [2.24, 2.45) is 5.73 Å². The van der Waals surface area contributed by atoms with E-state index in [0.29, 0.717) is 5.69 Å². The number of nitrogens with zero attached hydrogens (tertiary/aromatic N) is 1. The van der Waals surface area contributed by atoms with Gasteiger partial charge in [-0.15, -0.1) is 0 Å². The monoisotopic (exact) mass is 175 g/mol. The summed E-state index contributed by atoms with van der Waals surface area (Å²) in [6.07, 6.45) is 1.85. The first-order valence-electron chi connectivity index (χ1n) is 3.93. The highest BCUT2D eigenvalue weighted by atomic mass is 16.1. The number of hydrogen-bond donors (Lipinski definition) is 2. The van der Waals surface area contributed by atoms with Gasteiger partial charge in [0.25, 0.3) is 5.91 Å². The summed E-state index contributed by atoms with van der Waals surface area (Å²) in [5.74, 6) is -0.498. The molecule has 0 saturated heterocycles. The lowest BCUT2D eigenvalue weighted by molar-refractivity contribution is 0.0996. The molecule has 0 spiro atoms. The molecule has 3 N–H and O–H groups in total. The second kappa shape index (κ2) is 2.58. The summed E-state index contributed by atoms with van der Waals surface area (Å²) in [5.41, 5.74) is 8.15. The maximum Gasteiger partial charge on any atom is 0.267 e. The first kappa shape index (κ1) is 7.79. The summed E-state index contributed by atoms with van der Waals surface area (Å²) in [5, 5.41) is 0. The molecule has 0 aliphatic carbocycles. The van der Waals surface area contributed by atoms with Gasteiger partial charge in [-0.3, -0.25) is 4.79 Å². The van der Waals surface area contributed by atoms with Crippen molar-refractivity contribution in [2.75, 3.05) is 0 Å². The number of H-pyrrole nitrogens is 1. The van der Waals surface area contributed by atoms with Crippen LogP contribution in [0.1, 0.15) is 16.1 Å². The minimum atomic E-state index is -0.498. The van der Waals surface area contributed by atoms with Gasteiger partial charge in [0.1, 0.15) is 5.69 Å². The molecule has 2 aromatic heterocycles. The van der Waals surface area contributed by atoms with E-state index >= 15 is 0 Å². The van der Waals surface area contributed by atoms with Crippen LogP contribution in [0.5, 0.6) is 0 Å². The lowest BCUT2D eigenvalue weighted by Crippen LogP contribution is -2.12. The van der Waals surface area contributed by atoms with Gasteiger partial charge in [-0.1, -0.05) is 0 Å². The second-order valence-electron chi connectivity index (χ2n) is 2.93. The van der Waals surface area contributed by atoms with Gasteiger partial charge in [0, 0.05) is 6.20 Å². The Labute approximate surface area is 74.8 Å². The van der Waals surface area contributed by atoms with Crippen LogP contribution < -0.4 is 5.73 Å². The zero-order valence-corrected chi connectivity index (χ0v) is 7.16. The topological polar surface area (TPSA) is 71.8 Å². The summed E-state index contributed by atoms with van der Waals surface area (Å²) >= 11 is 0. The number of pyridine rings is 1. The van der Waals surface area contributed by atoms with E-state index in [9.17, 15) is 4.79 Å². The van der Waals surface area contributed by atoms with Crippen molar-refractivity contribution in [1.82, 2.24) is 9.97 Å². The van der Waals surface area contributed by atoms with Crippen LogP contribution in [-0.2, 0) is 0 Å². The zero-order valence-electron chi connectivity index (χ0n) is 7.16. The Bertz CT molecular complexity index is 473. The van der Waals surface area contributed by atoms with E-state index in [1.165, 1.54) is 0 Å². The average Bonchev–Trinajstić information content (AvgIpc) is 2.47. The smallest absolute Gasteiger partial charge is 0.267 e. The third-order valence-electron chi connectivity index (χ3n) is 1.97. The molecule has 4 heteroatoms. The molecule has 0 radical (unpaired) electrons. The van der Waals surface area contributed by atoms with Crippen LogP contribution in [0, 0.1) is 6.92 Å². The van der Waals surface area contributed by atoms with Crippen LogP contribution in [-0.4, -0.2) is 15.9 Å². The van der Waals surface area contributed by atoms with Crippen LogP contribution in [0.15, 0.2) is 18.3 Å². The van der Waals surface area contributed by atoms with Crippen LogP contribution in [0.4, 0.5) is 0 Å². The molecule has 4 nitrogen and oxygen atoms in total. The molecule has 0 aliphatic rings. The second-order valence-corrected chi connectivity index (χ2v) is 2.93. The highest BCUT2D eigenvalue weighted by Crippen LogP contribution is 2.14. The zero-order chi connectivity index (χ0) is 9.42. The summed E-state index contributed by atoms with van der Waals surface area (Å²) in [4.78, 5) is 18.0. The maximum absolute atomic E-state index is 10.8. The molecule has 66 valence electrons. The molecule has 2 rings (SSSR count). The van der Waals surface area contributed by atoms with E-state index in [1.54, 1.807) is 12.1 Å². The van der Waals surface area contributed by atoms with Gasteiger partial charge < -0.3 is 10.7 Å². The summed E-state index contributed by atoms with van der Waals surface area (Å²) in [6.45, 7) is 1.93. The van der Waals surface area contributed by atoms with E-state index in [1.807, 2.05) is 13.1 Å². The number of carbonyl (C=O) groups is 1. The lowest BCUT2D eigenvalue weighted by Gasteiger charge is -1.95. The summed E-state index contributed by atoms with van der Waals surface area (Å²) < 4.78 is 0. The van der Waals surface area contributed by atoms with Gasteiger partial charge in [-0.25, -0.2) is 4.98 Å². The first-order chi connectivity index (χ1) is 6.18. The van der Waals surface area contributed by atoms with Crippen molar-refractivity contribution < 1.29 is 4.79 Å². The number of primary amides is 1. The Balaban J connectivity index is 2.72. The van der Waals surface area contributed by atoms with E-state index < -0.39 is 5.91 Å². The highest BCUT2D eigenvalue weighted by Gasteiger charge is 2.05. The van der Waals surface area contributed by atoms with E-state index in [0.717, 1.165) is 16.6 Å². The van der Waals surface area contributed by atoms with Gasteiger partial charge in [-0.05, 0) is 24.6 Å². The number of fused-ring (bicyclic) bond motifs is 1. The minimum Gasteiger partial charge on any atom is -0.364 e. The number of aromatic nitrogens is 2. The fourth-order valence-electron chi connectivity index (χ4n) is 1.27. The number of hydrogen-bond acceptors (Lipinski definition) is 2. The fourth-order valence-corrected chi connectivity index (χ4v) is 1.27. The predicted molar refractivity (Wildman–Crippen MR) is 49.3 cm³/mol. The molecule has 2 aromatic rings. The molecule has 0 bridgehead atoms. The molecule has 0 atom stereocenters. The molecule has 0 unspecified atom stereocenters. The van der Waals surface area contributed by atoms with Crippen LogP contribution in [0.3, 0.4) is 0 Å². The van der Waals surface area contributed by atoms with Gasteiger partial charge in [0.05, 0.1) is 11.0 Å². The molecule has 2 heterocycles. The van der Waals surface area contributed by atoms with Crippen molar-refractivity contribution in [3.8, 4) is 0 Å². The van der Waals surface area contributed by atoms with Crippen molar-refractivity contribution in [3.63, 3.8) is 0 Å². The van der Waals surface area contributed by atoms with Crippen molar-refractivity contribution in [3.05, 3.63) is 29.6 Å². The number of nitrogens with one attached hydrogen (secondary N) is 1. The molecular formula is C9H9N3O. The quantitative estimate of drug-likeness (QED) is 0.677. The van der Waals surface area contributed by atoms with Crippen molar-refractivity contribution >= 4 is 16.9 Å². The van der Waals surface area contributed by atoms with E-state index in [2.05, 4.69) is 9.97 Å². The maximum atomic E-state index is 10.8.